The highest BCUT2D eigenvalue weighted by Gasteiger charge is 2.06. The largest absolute Gasteiger partial charge is 0.493 e. The van der Waals surface area contributed by atoms with Crippen molar-refractivity contribution in [1.82, 2.24) is 5.32 Å². The van der Waals surface area contributed by atoms with Crippen molar-refractivity contribution in [3.8, 4) is 11.5 Å². The number of nitrogens with one attached hydrogen (secondary N) is 1. The lowest BCUT2D eigenvalue weighted by atomic mass is 10.1. The van der Waals surface area contributed by atoms with Crippen molar-refractivity contribution in [2.75, 3.05) is 20.8 Å². The minimum absolute atomic E-state index is 0.0597. The van der Waals surface area contributed by atoms with E-state index in [0.717, 1.165) is 18.4 Å². The monoisotopic (exact) mass is 345 g/mol. The number of ether oxygens (including phenoxy) is 2. The average Bonchev–Trinajstić information content (AvgIpc) is 2.64. The Kier molecular flexibility index (Phi) is 7.26. The van der Waals surface area contributed by atoms with Crippen LogP contribution >= 0.6 is 0 Å². The Hall–Kier alpha value is -2.56. The van der Waals surface area contributed by atoms with E-state index >= 15 is 0 Å². The summed E-state index contributed by atoms with van der Waals surface area (Å²) in [6.45, 7) is 0.588. The van der Waals surface area contributed by atoms with Crippen molar-refractivity contribution < 1.29 is 18.7 Å². The third kappa shape index (κ3) is 5.78. The SMILES string of the molecule is COc1ccc(CCCNC(=O)CCc2ccccc2F)cc1OC. The van der Waals surface area contributed by atoms with E-state index in [2.05, 4.69) is 5.32 Å². The van der Waals surface area contributed by atoms with Gasteiger partial charge in [0.25, 0.3) is 0 Å². The van der Waals surface area contributed by atoms with Crippen LogP contribution in [-0.2, 0) is 17.6 Å². The zero-order chi connectivity index (χ0) is 18.1. The molecule has 0 aliphatic heterocycles. The molecule has 0 aliphatic rings. The van der Waals surface area contributed by atoms with E-state index in [1.54, 1.807) is 32.4 Å². The number of amides is 1. The minimum atomic E-state index is -0.260. The summed E-state index contributed by atoms with van der Waals surface area (Å²) in [5.74, 6) is 1.08. The first-order valence-electron chi connectivity index (χ1n) is 8.35. The van der Waals surface area contributed by atoms with Crippen LogP contribution in [0, 0.1) is 5.82 Å². The predicted octanol–water partition coefficient (Wildman–Crippen LogP) is 3.52. The summed E-state index contributed by atoms with van der Waals surface area (Å²) in [5.41, 5.74) is 1.70. The van der Waals surface area contributed by atoms with E-state index < -0.39 is 0 Å². The molecule has 0 spiro atoms. The molecule has 0 unspecified atom stereocenters. The summed E-state index contributed by atoms with van der Waals surface area (Å²) >= 11 is 0. The van der Waals surface area contributed by atoms with Gasteiger partial charge in [0.1, 0.15) is 5.82 Å². The third-order valence-corrected chi connectivity index (χ3v) is 3.99. The van der Waals surface area contributed by atoms with Gasteiger partial charge in [0.2, 0.25) is 5.91 Å². The molecule has 1 N–H and O–H groups in total. The number of methoxy groups -OCH3 is 2. The van der Waals surface area contributed by atoms with Crippen LogP contribution in [0.4, 0.5) is 4.39 Å². The molecule has 2 aromatic rings. The molecule has 0 aliphatic carbocycles. The molecule has 1 amide bonds. The lowest BCUT2D eigenvalue weighted by Crippen LogP contribution is -2.25. The van der Waals surface area contributed by atoms with E-state index in [4.69, 9.17) is 9.47 Å². The fourth-order valence-corrected chi connectivity index (χ4v) is 2.59. The normalized spacial score (nSPS) is 10.4. The van der Waals surface area contributed by atoms with Crippen molar-refractivity contribution in [3.05, 3.63) is 59.4 Å². The van der Waals surface area contributed by atoms with Crippen LogP contribution in [0.1, 0.15) is 24.0 Å². The summed E-state index contributed by atoms with van der Waals surface area (Å²) in [6.07, 6.45) is 2.35. The number of halogens is 1. The topological polar surface area (TPSA) is 47.6 Å². The van der Waals surface area contributed by atoms with Crippen LogP contribution in [0.3, 0.4) is 0 Å². The highest BCUT2D eigenvalue weighted by molar-refractivity contribution is 5.76. The van der Waals surface area contributed by atoms with Gasteiger partial charge in [0.05, 0.1) is 14.2 Å². The van der Waals surface area contributed by atoms with Gasteiger partial charge in [-0.15, -0.1) is 0 Å². The highest BCUT2D eigenvalue weighted by atomic mass is 19.1. The summed E-state index contributed by atoms with van der Waals surface area (Å²) in [4.78, 5) is 11.9. The van der Waals surface area contributed by atoms with E-state index in [1.165, 1.54) is 6.07 Å². The molecule has 0 heterocycles. The van der Waals surface area contributed by atoms with Gasteiger partial charge in [0, 0.05) is 13.0 Å². The highest BCUT2D eigenvalue weighted by Crippen LogP contribution is 2.27. The molecule has 4 nitrogen and oxygen atoms in total. The maximum absolute atomic E-state index is 13.5. The molecular weight excluding hydrogens is 321 g/mol. The van der Waals surface area contributed by atoms with Crippen LogP contribution < -0.4 is 14.8 Å². The second kappa shape index (κ2) is 9.67. The zero-order valence-corrected chi connectivity index (χ0v) is 14.7. The molecule has 0 bridgehead atoms. The Balaban J connectivity index is 1.70. The summed E-state index contributed by atoms with van der Waals surface area (Å²) < 4.78 is 24.0. The molecule has 134 valence electrons. The molecular formula is C20H24FNO3. The molecule has 0 saturated heterocycles. The fraction of sp³-hybridized carbons (Fsp3) is 0.350. The molecule has 0 fully saturated rings. The second-order valence-corrected chi connectivity index (χ2v) is 5.73. The number of benzene rings is 2. The Morgan fingerprint density at radius 1 is 1.04 bits per heavy atom. The van der Waals surface area contributed by atoms with E-state index in [9.17, 15) is 9.18 Å². The van der Waals surface area contributed by atoms with Gasteiger partial charge in [-0.2, -0.15) is 0 Å². The molecule has 2 rings (SSSR count). The van der Waals surface area contributed by atoms with Crippen molar-refractivity contribution in [1.29, 1.82) is 0 Å². The summed E-state index contributed by atoms with van der Waals surface area (Å²) in [6, 6.07) is 12.4. The Labute approximate surface area is 148 Å². The van der Waals surface area contributed by atoms with Gasteiger partial charge < -0.3 is 14.8 Å². The number of hydrogen-bond acceptors (Lipinski definition) is 3. The lowest BCUT2D eigenvalue weighted by molar-refractivity contribution is -0.121. The first-order valence-corrected chi connectivity index (χ1v) is 8.35. The second-order valence-electron chi connectivity index (χ2n) is 5.73. The molecule has 0 atom stereocenters. The molecule has 2 aromatic carbocycles. The van der Waals surface area contributed by atoms with Gasteiger partial charge in [-0.1, -0.05) is 24.3 Å². The van der Waals surface area contributed by atoms with Crippen molar-refractivity contribution >= 4 is 5.91 Å². The smallest absolute Gasteiger partial charge is 0.220 e. The van der Waals surface area contributed by atoms with Crippen LogP contribution in [0.5, 0.6) is 11.5 Å². The average molecular weight is 345 g/mol. The van der Waals surface area contributed by atoms with Gasteiger partial charge >= 0.3 is 0 Å². The number of hydrogen-bond donors (Lipinski definition) is 1. The first kappa shape index (κ1) is 18.8. The minimum Gasteiger partial charge on any atom is -0.493 e. The van der Waals surface area contributed by atoms with Gasteiger partial charge in [-0.25, -0.2) is 4.39 Å². The first-order chi connectivity index (χ1) is 12.1. The maximum atomic E-state index is 13.5. The Morgan fingerprint density at radius 3 is 2.52 bits per heavy atom. The van der Waals surface area contributed by atoms with Crippen LogP contribution in [0.15, 0.2) is 42.5 Å². The van der Waals surface area contributed by atoms with Crippen molar-refractivity contribution in [3.63, 3.8) is 0 Å². The van der Waals surface area contributed by atoms with E-state index in [0.29, 0.717) is 30.0 Å². The number of carbonyl (C=O) groups is 1. The van der Waals surface area contributed by atoms with Crippen molar-refractivity contribution in [2.45, 2.75) is 25.7 Å². The third-order valence-electron chi connectivity index (χ3n) is 3.99. The molecule has 25 heavy (non-hydrogen) atoms. The number of carbonyl (C=O) groups excluding carboxylic acids is 1. The van der Waals surface area contributed by atoms with E-state index in [1.807, 2.05) is 18.2 Å². The summed E-state index contributed by atoms with van der Waals surface area (Å²) in [7, 11) is 3.21. The lowest BCUT2D eigenvalue weighted by Gasteiger charge is -2.10. The molecule has 0 saturated carbocycles. The molecule has 0 aromatic heterocycles. The van der Waals surface area contributed by atoms with Crippen LogP contribution in [-0.4, -0.2) is 26.7 Å². The van der Waals surface area contributed by atoms with Crippen LogP contribution in [0.25, 0.3) is 0 Å². The van der Waals surface area contributed by atoms with Gasteiger partial charge in [-0.3, -0.25) is 4.79 Å². The van der Waals surface area contributed by atoms with E-state index in [-0.39, 0.29) is 18.1 Å². The van der Waals surface area contributed by atoms with Crippen molar-refractivity contribution in [2.24, 2.45) is 0 Å². The maximum Gasteiger partial charge on any atom is 0.220 e. The number of rotatable bonds is 9. The molecule has 5 heteroatoms. The standard InChI is InChI=1S/C20H24FNO3/c1-24-18-11-9-15(14-19(18)25-2)6-5-13-22-20(23)12-10-16-7-3-4-8-17(16)21/h3-4,7-9,11,14H,5-6,10,12-13H2,1-2H3,(H,22,23). The molecule has 0 radical (unpaired) electrons. The predicted molar refractivity (Wildman–Crippen MR) is 95.6 cm³/mol. The Bertz CT molecular complexity index is 703. The summed E-state index contributed by atoms with van der Waals surface area (Å²) in [5, 5.41) is 2.88. The van der Waals surface area contributed by atoms with Gasteiger partial charge in [-0.05, 0) is 48.6 Å². The zero-order valence-electron chi connectivity index (χ0n) is 14.7. The van der Waals surface area contributed by atoms with Crippen LogP contribution in [0.2, 0.25) is 0 Å². The fourth-order valence-electron chi connectivity index (χ4n) is 2.59. The quantitative estimate of drug-likeness (QED) is 0.708. The van der Waals surface area contributed by atoms with Gasteiger partial charge in [0.15, 0.2) is 11.5 Å². The number of aryl methyl sites for hydroxylation is 2. The Morgan fingerprint density at radius 2 is 1.80 bits per heavy atom.